The highest BCUT2D eigenvalue weighted by Crippen LogP contribution is 2.49. The molecule has 59 heavy (non-hydrogen) atoms. The number of ether oxygens (including phenoxy) is 3. The molecule has 318 valence electrons. The van der Waals surface area contributed by atoms with Gasteiger partial charge in [-0.3, -0.25) is 18.7 Å². The minimum absolute atomic E-state index is 0.0127. The third-order valence-corrected chi connectivity index (χ3v) is 11.7. The van der Waals surface area contributed by atoms with E-state index in [1.807, 2.05) is 27.7 Å². The number of nitrogens with one attached hydrogen (secondary N) is 1. The number of para-hydroxylation sites is 1. The highest BCUT2D eigenvalue weighted by Gasteiger charge is 2.53. The third-order valence-electron chi connectivity index (χ3n) is 10.1. The van der Waals surface area contributed by atoms with Gasteiger partial charge in [0.05, 0.1) is 18.9 Å². The lowest BCUT2D eigenvalue weighted by Crippen LogP contribution is -2.46. The zero-order valence-corrected chi connectivity index (χ0v) is 34.3. The molecule has 2 aromatic heterocycles. The Labute approximate surface area is 341 Å². The van der Waals surface area contributed by atoms with Gasteiger partial charge in [-0.1, -0.05) is 77.5 Å². The van der Waals surface area contributed by atoms with Crippen LogP contribution in [0.3, 0.4) is 0 Å². The Morgan fingerprint density at radius 3 is 2.36 bits per heavy atom. The molecule has 3 N–H and O–H groups in total. The molecule has 3 heterocycles. The van der Waals surface area contributed by atoms with Gasteiger partial charge in [0.25, 0.3) is 0 Å². The molecule has 0 bridgehead atoms. The van der Waals surface area contributed by atoms with Crippen LogP contribution in [0.15, 0.2) is 54.9 Å². The summed E-state index contributed by atoms with van der Waals surface area (Å²) in [5.41, 5.74) is 4.02. The fraction of sp³-hybridized carbons (Fsp3) is 0.488. The summed E-state index contributed by atoms with van der Waals surface area (Å²) in [6.07, 6.45) is 7.41. The molecule has 2 aromatic carbocycles. The van der Waals surface area contributed by atoms with Gasteiger partial charge >= 0.3 is 25.8 Å². The number of imidazole rings is 1. The van der Waals surface area contributed by atoms with Gasteiger partial charge in [0, 0.05) is 12.5 Å². The van der Waals surface area contributed by atoms with Crippen molar-refractivity contribution in [1.82, 2.24) is 24.6 Å². The quantitative estimate of drug-likeness (QED) is 0.0362. The molecule has 0 aliphatic carbocycles. The van der Waals surface area contributed by atoms with E-state index in [9.17, 15) is 22.8 Å². The number of carbonyl (C=O) groups excluding carboxylic acids is 2. The molecule has 5 atom stereocenters. The van der Waals surface area contributed by atoms with Gasteiger partial charge in [-0.15, -0.1) is 6.42 Å². The summed E-state index contributed by atoms with van der Waals surface area (Å²) < 4.78 is 89.7. The van der Waals surface area contributed by atoms with E-state index in [4.69, 9.17) is 35.4 Å². The second kappa shape index (κ2) is 20.3. The third kappa shape index (κ3) is 11.4. The Morgan fingerprint density at radius 1 is 1.05 bits per heavy atom. The number of esters is 2. The Kier molecular flexibility index (Phi) is 15.5. The van der Waals surface area contributed by atoms with Gasteiger partial charge in [-0.25, -0.2) is 18.3 Å². The molecule has 0 radical (unpaired) electrons. The zero-order valence-electron chi connectivity index (χ0n) is 33.4. The van der Waals surface area contributed by atoms with Gasteiger partial charge < -0.3 is 24.5 Å². The largest absolute Gasteiger partial charge is 0.464 e. The SMILES string of the molecule is C#CC1(CO[P@@](=O)(NC(Cc2cc(F)cc(F)c2)C(=O)OCC(CC)CC)Oc2ccccc2)OC(n2cnc3c(N)nc(F)nc32)CC1OC(=O)C(CCC)CCC. The number of halogens is 3. The highest BCUT2D eigenvalue weighted by atomic mass is 31.2. The van der Waals surface area contributed by atoms with Gasteiger partial charge in [-0.05, 0) is 55.0 Å². The average molecular weight is 843 g/mol. The van der Waals surface area contributed by atoms with E-state index >= 15 is 4.57 Å². The summed E-state index contributed by atoms with van der Waals surface area (Å²) in [6.45, 7) is 7.03. The van der Waals surface area contributed by atoms with Crippen molar-refractivity contribution in [2.75, 3.05) is 18.9 Å². The van der Waals surface area contributed by atoms with E-state index in [1.54, 1.807) is 18.2 Å². The van der Waals surface area contributed by atoms with Crippen LogP contribution in [-0.2, 0) is 39.3 Å². The summed E-state index contributed by atoms with van der Waals surface area (Å²) in [7, 11) is -4.77. The Morgan fingerprint density at radius 2 is 1.73 bits per heavy atom. The molecule has 14 nitrogen and oxygen atoms in total. The number of carbonyl (C=O) groups is 2. The average Bonchev–Trinajstić information content (AvgIpc) is 3.79. The van der Waals surface area contributed by atoms with Gasteiger partial charge in [0.15, 0.2) is 22.6 Å². The Balaban J connectivity index is 1.53. The first-order chi connectivity index (χ1) is 28.2. The number of nitrogens with zero attached hydrogens (tertiary/aromatic N) is 4. The maximum Gasteiger partial charge on any atom is 0.459 e. The molecule has 0 saturated carbocycles. The van der Waals surface area contributed by atoms with Crippen LogP contribution in [0.5, 0.6) is 5.75 Å². The van der Waals surface area contributed by atoms with Crippen LogP contribution in [-0.4, -0.2) is 62.4 Å². The number of nitrogens with two attached hydrogens (primary N) is 1. The number of nitrogen functional groups attached to an aromatic ring is 1. The van der Waals surface area contributed by atoms with Crippen LogP contribution in [0, 0.1) is 41.9 Å². The van der Waals surface area contributed by atoms with E-state index < -0.39 is 80.3 Å². The number of hydrogen-bond acceptors (Lipinski definition) is 12. The summed E-state index contributed by atoms with van der Waals surface area (Å²) in [5.74, 6) is -1.30. The number of terminal acetylenes is 1. The standard InChI is InChI=1S/C41H50F3N6O8P/c1-6-14-28(15-7-2)38(51)56-33-22-34(50-25-46-35-36(45)47-40(44)48-37(35)50)57-41(33,10-5)24-55-59(53,58-31-16-12-11-13-17-31)49-32(39(52)54-23-26(8-3)9-4)20-27-18-29(42)21-30(43)19-27/h5,11-13,16-19,21,25-26,28,32-34H,6-9,14-15,20,22-24H2,1-4H3,(H,49,53)(H2,45,47,48)/t32?,33?,34?,41?,59-/m0/s1. The van der Waals surface area contributed by atoms with Crippen molar-refractivity contribution in [3.05, 3.63) is 78.1 Å². The van der Waals surface area contributed by atoms with Gasteiger partial charge in [-0.2, -0.15) is 19.4 Å². The molecular formula is C41H50F3N6O8P. The molecule has 1 fully saturated rings. The van der Waals surface area contributed by atoms with Crippen molar-refractivity contribution in [2.45, 2.75) is 103 Å². The molecule has 18 heteroatoms. The Hall–Kier alpha value is -5.01. The van der Waals surface area contributed by atoms with Crippen LogP contribution in [0.1, 0.15) is 84.4 Å². The first kappa shape index (κ1) is 45.1. The molecule has 0 spiro atoms. The van der Waals surface area contributed by atoms with Crippen LogP contribution in [0.4, 0.5) is 19.0 Å². The van der Waals surface area contributed by atoms with Crippen molar-refractivity contribution in [1.29, 1.82) is 0 Å². The van der Waals surface area contributed by atoms with Crippen molar-refractivity contribution >= 4 is 36.7 Å². The fourth-order valence-corrected chi connectivity index (χ4v) is 8.36. The lowest BCUT2D eigenvalue weighted by atomic mass is 9.96. The van der Waals surface area contributed by atoms with Crippen LogP contribution >= 0.6 is 7.75 Å². The highest BCUT2D eigenvalue weighted by molar-refractivity contribution is 7.52. The maximum absolute atomic E-state index is 15.0. The van der Waals surface area contributed by atoms with Crippen LogP contribution in [0.2, 0.25) is 0 Å². The minimum atomic E-state index is -4.77. The summed E-state index contributed by atoms with van der Waals surface area (Å²) in [5, 5.41) is 2.65. The monoisotopic (exact) mass is 842 g/mol. The van der Waals surface area contributed by atoms with Gasteiger partial charge in [0.1, 0.15) is 42.4 Å². The number of aromatic nitrogens is 4. The van der Waals surface area contributed by atoms with Crippen molar-refractivity contribution in [3.63, 3.8) is 0 Å². The molecule has 1 aliphatic heterocycles. The number of anilines is 1. The first-order valence-corrected chi connectivity index (χ1v) is 21.2. The second-order valence-electron chi connectivity index (χ2n) is 14.4. The lowest BCUT2D eigenvalue weighted by molar-refractivity contribution is -0.163. The zero-order chi connectivity index (χ0) is 42.7. The molecule has 4 unspecified atom stereocenters. The topological polar surface area (TPSA) is 179 Å². The molecule has 4 aromatic rings. The van der Waals surface area contributed by atoms with Gasteiger partial charge in [0.2, 0.25) is 0 Å². The minimum Gasteiger partial charge on any atom is -0.464 e. The predicted octanol–water partition coefficient (Wildman–Crippen LogP) is 7.63. The van der Waals surface area contributed by atoms with Crippen molar-refractivity contribution < 1.29 is 50.6 Å². The summed E-state index contributed by atoms with van der Waals surface area (Å²) in [4.78, 5) is 39.1. The smallest absolute Gasteiger partial charge is 0.459 e. The molecule has 0 amide bonds. The van der Waals surface area contributed by atoms with E-state index in [-0.39, 0.29) is 47.2 Å². The number of fused-ring (bicyclic) bond motifs is 1. The molecule has 1 saturated heterocycles. The van der Waals surface area contributed by atoms with Crippen molar-refractivity contribution in [2.24, 2.45) is 11.8 Å². The number of hydrogen-bond donors (Lipinski definition) is 2. The number of rotatable bonds is 21. The van der Waals surface area contributed by atoms with E-state index in [1.165, 1.54) is 23.0 Å². The summed E-state index contributed by atoms with van der Waals surface area (Å²) in [6, 6.07) is 9.09. The number of benzene rings is 2. The van der Waals surface area contributed by atoms with E-state index in [0.29, 0.717) is 44.6 Å². The van der Waals surface area contributed by atoms with Crippen molar-refractivity contribution in [3.8, 4) is 18.1 Å². The summed E-state index contributed by atoms with van der Waals surface area (Å²) >= 11 is 0. The molecular weight excluding hydrogens is 792 g/mol. The first-order valence-electron chi connectivity index (χ1n) is 19.7. The molecule has 1 aliphatic rings. The van der Waals surface area contributed by atoms with Crippen LogP contribution in [0.25, 0.3) is 11.2 Å². The van der Waals surface area contributed by atoms with Crippen LogP contribution < -0.4 is 15.3 Å². The Bertz CT molecular complexity index is 2130. The normalized spacial score (nSPS) is 19.4. The van der Waals surface area contributed by atoms with E-state index in [0.717, 1.165) is 12.1 Å². The second-order valence-corrected chi connectivity index (χ2v) is 16.1. The van der Waals surface area contributed by atoms with E-state index in [2.05, 4.69) is 26.0 Å². The molecule has 5 rings (SSSR count). The maximum atomic E-state index is 15.0. The fourth-order valence-electron chi connectivity index (χ4n) is 6.84. The predicted molar refractivity (Wildman–Crippen MR) is 212 cm³/mol. The lowest BCUT2D eigenvalue weighted by Gasteiger charge is -2.32.